The zero-order chi connectivity index (χ0) is 32.4. The Kier molecular flexibility index (Phi) is 6.38. The van der Waals surface area contributed by atoms with Crippen molar-refractivity contribution in [3.8, 4) is 56.4 Å². The molecule has 0 saturated heterocycles. The molecule has 234 valence electrons. The predicted molar refractivity (Wildman–Crippen MR) is 198 cm³/mol. The van der Waals surface area contributed by atoms with Crippen LogP contribution in [0.1, 0.15) is 43.2 Å². The molecular formula is C45H33N3O. The van der Waals surface area contributed by atoms with Crippen LogP contribution in [0, 0.1) is 0 Å². The molecule has 1 spiro atoms. The molecule has 2 aromatic heterocycles. The molecule has 0 atom stereocenters. The minimum absolute atomic E-state index is 0.117. The van der Waals surface area contributed by atoms with Crippen LogP contribution in [-0.4, -0.2) is 15.0 Å². The van der Waals surface area contributed by atoms with Gasteiger partial charge in [-0.2, -0.15) is 0 Å². The van der Waals surface area contributed by atoms with Gasteiger partial charge in [-0.3, -0.25) is 0 Å². The van der Waals surface area contributed by atoms with Crippen LogP contribution in [0.5, 0.6) is 0 Å². The number of benzene rings is 6. The summed E-state index contributed by atoms with van der Waals surface area (Å²) in [7, 11) is 0. The summed E-state index contributed by atoms with van der Waals surface area (Å²) in [6, 6.07) is 49.3. The third kappa shape index (κ3) is 4.48. The fraction of sp³-hybridized carbons (Fsp3) is 0.133. The fourth-order valence-corrected chi connectivity index (χ4v) is 8.48. The van der Waals surface area contributed by atoms with Crippen LogP contribution in [0.4, 0.5) is 0 Å². The first-order valence-corrected chi connectivity index (χ1v) is 17.3. The molecule has 0 aliphatic heterocycles. The Morgan fingerprint density at radius 2 is 1.04 bits per heavy atom. The van der Waals surface area contributed by atoms with Crippen LogP contribution in [0.3, 0.4) is 0 Å². The molecule has 0 radical (unpaired) electrons. The quantitative estimate of drug-likeness (QED) is 0.194. The van der Waals surface area contributed by atoms with Gasteiger partial charge < -0.3 is 4.42 Å². The first kappa shape index (κ1) is 28.2. The second-order valence-electron chi connectivity index (χ2n) is 13.5. The summed E-state index contributed by atoms with van der Waals surface area (Å²) < 4.78 is 6.24. The van der Waals surface area contributed by atoms with E-state index in [9.17, 15) is 0 Å². The average molecular weight is 632 g/mol. The van der Waals surface area contributed by atoms with Crippen molar-refractivity contribution in [2.24, 2.45) is 0 Å². The fourth-order valence-electron chi connectivity index (χ4n) is 8.48. The minimum atomic E-state index is 0.117. The molecule has 49 heavy (non-hydrogen) atoms. The number of hydrogen-bond donors (Lipinski definition) is 0. The molecule has 1 saturated carbocycles. The van der Waals surface area contributed by atoms with Gasteiger partial charge in [-0.15, -0.1) is 0 Å². The van der Waals surface area contributed by atoms with Crippen molar-refractivity contribution in [3.63, 3.8) is 0 Å². The Bertz CT molecular complexity index is 2540. The normalized spacial score (nSPS) is 14.7. The van der Waals surface area contributed by atoms with Crippen molar-refractivity contribution in [3.05, 3.63) is 151 Å². The molecule has 6 aromatic carbocycles. The predicted octanol–water partition coefficient (Wildman–Crippen LogP) is 11.7. The van der Waals surface area contributed by atoms with E-state index in [4.69, 9.17) is 19.4 Å². The van der Waals surface area contributed by atoms with Crippen LogP contribution < -0.4 is 0 Å². The van der Waals surface area contributed by atoms with Gasteiger partial charge in [0.25, 0.3) is 0 Å². The van der Waals surface area contributed by atoms with Crippen molar-refractivity contribution in [1.82, 2.24) is 15.0 Å². The molecule has 0 amide bonds. The lowest BCUT2D eigenvalue weighted by Crippen LogP contribution is -2.27. The van der Waals surface area contributed by atoms with E-state index < -0.39 is 0 Å². The Hall–Kier alpha value is -5.87. The van der Waals surface area contributed by atoms with E-state index in [1.54, 1.807) is 0 Å². The largest absolute Gasteiger partial charge is 0.456 e. The monoisotopic (exact) mass is 631 g/mol. The zero-order valence-electron chi connectivity index (χ0n) is 27.1. The minimum Gasteiger partial charge on any atom is -0.456 e. The van der Waals surface area contributed by atoms with Gasteiger partial charge in [0.15, 0.2) is 17.5 Å². The van der Waals surface area contributed by atoms with E-state index in [1.165, 1.54) is 65.5 Å². The SMILES string of the molecule is c1ccc(-c2nc(-c3cccc(-c4cccc5c4-c4ccccc4C54CCCCC4)c3)nc(-c3ccc4c(c3)oc3ccccc34)n2)cc1. The summed E-state index contributed by atoms with van der Waals surface area (Å²) in [6.45, 7) is 0. The molecule has 2 heterocycles. The first-order valence-electron chi connectivity index (χ1n) is 17.3. The topological polar surface area (TPSA) is 51.8 Å². The van der Waals surface area contributed by atoms with Gasteiger partial charge in [-0.25, -0.2) is 15.0 Å². The lowest BCUT2D eigenvalue weighted by atomic mass is 9.68. The Balaban J connectivity index is 1.13. The first-order chi connectivity index (χ1) is 24.2. The van der Waals surface area contributed by atoms with Crippen molar-refractivity contribution < 1.29 is 4.42 Å². The lowest BCUT2D eigenvalue weighted by molar-refractivity contribution is 0.353. The number of aromatic nitrogens is 3. The number of furan rings is 1. The summed E-state index contributed by atoms with van der Waals surface area (Å²) >= 11 is 0. The van der Waals surface area contributed by atoms with Gasteiger partial charge >= 0.3 is 0 Å². The van der Waals surface area contributed by atoms with E-state index in [0.717, 1.165) is 38.6 Å². The van der Waals surface area contributed by atoms with E-state index >= 15 is 0 Å². The summed E-state index contributed by atoms with van der Waals surface area (Å²) in [5, 5.41) is 2.18. The molecule has 2 aliphatic carbocycles. The van der Waals surface area contributed by atoms with Crippen LogP contribution >= 0.6 is 0 Å². The van der Waals surface area contributed by atoms with Crippen LogP contribution in [-0.2, 0) is 5.41 Å². The maximum absolute atomic E-state index is 6.24. The highest BCUT2D eigenvalue weighted by atomic mass is 16.3. The van der Waals surface area contributed by atoms with Gasteiger partial charge in [-0.05, 0) is 70.5 Å². The van der Waals surface area contributed by atoms with Crippen molar-refractivity contribution in [2.45, 2.75) is 37.5 Å². The molecule has 8 aromatic rings. The number of para-hydroxylation sites is 1. The third-order valence-electron chi connectivity index (χ3n) is 10.7. The molecule has 0 unspecified atom stereocenters. The third-order valence-corrected chi connectivity index (χ3v) is 10.7. The summed E-state index contributed by atoms with van der Waals surface area (Å²) in [6.07, 6.45) is 6.32. The Morgan fingerprint density at radius 1 is 0.429 bits per heavy atom. The van der Waals surface area contributed by atoms with Crippen molar-refractivity contribution in [2.75, 3.05) is 0 Å². The molecule has 2 aliphatic rings. The van der Waals surface area contributed by atoms with Crippen molar-refractivity contribution in [1.29, 1.82) is 0 Å². The van der Waals surface area contributed by atoms with Crippen molar-refractivity contribution >= 4 is 21.9 Å². The van der Waals surface area contributed by atoms with Crippen LogP contribution in [0.2, 0.25) is 0 Å². The number of fused-ring (bicyclic) bond motifs is 8. The smallest absolute Gasteiger partial charge is 0.164 e. The van der Waals surface area contributed by atoms with E-state index in [0.29, 0.717) is 17.5 Å². The molecule has 0 bridgehead atoms. The second-order valence-corrected chi connectivity index (χ2v) is 13.5. The summed E-state index contributed by atoms with van der Waals surface area (Å²) in [4.78, 5) is 15.2. The highest BCUT2D eigenvalue weighted by Gasteiger charge is 2.44. The lowest BCUT2D eigenvalue weighted by Gasteiger charge is -2.36. The highest BCUT2D eigenvalue weighted by Crippen LogP contribution is 2.57. The maximum atomic E-state index is 6.24. The van der Waals surface area contributed by atoms with E-state index in [-0.39, 0.29) is 5.41 Å². The van der Waals surface area contributed by atoms with Crippen LogP contribution in [0.15, 0.2) is 144 Å². The second kappa shape index (κ2) is 11.1. The molecule has 0 N–H and O–H groups in total. The summed E-state index contributed by atoms with van der Waals surface area (Å²) in [5.41, 5.74) is 12.8. The number of rotatable bonds is 4. The van der Waals surface area contributed by atoms with Gasteiger partial charge in [0, 0.05) is 32.9 Å². The van der Waals surface area contributed by atoms with Gasteiger partial charge in [0.1, 0.15) is 11.2 Å². The average Bonchev–Trinajstić information content (AvgIpc) is 3.68. The van der Waals surface area contributed by atoms with Gasteiger partial charge in [-0.1, -0.05) is 135 Å². The summed E-state index contributed by atoms with van der Waals surface area (Å²) in [5.74, 6) is 1.90. The van der Waals surface area contributed by atoms with E-state index in [1.807, 2.05) is 54.6 Å². The Labute approximate surface area is 285 Å². The molecule has 4 nitrogen and oxygen atoms in total. The molecule has 1 fully saturated rings. The maximum Gasteiger partial charge on any atom is 0.164 e. The van der Waals surface area contributed by atoms with Crippen LogP contribution in [0.25, 0.3) is 78.4 Å². The standard InChI is InChI=1S/C45H33N3O/c1-3-13-29(14-4-1)42-46-43(48-44(47-42)32-23-24-35-34-17-6-8-22-39(34)49-40(35)28-32)31-16-11-15-30(27-31)33-19-12-21-38-41(33)36-18-5-7-20-37(36)45(38)25-9-2-10-26-45/h1,3-8,11-24,27-28H,2,9-10,25-26H2. The molecular weight excluding hydrogens is 599 g/mol. The zero-order valence-corrected chi connectivity index (χ0v) is 27.1. The molecule has 4 heteroatoms. The van der Waals surface area contributed by atoms with Gasteiger partial charge in [0.05, 0.1) is 0 Å². The highest BCUT2D eigenvalue weighted by molar-refractivity contribution is 6.05. The van der Waals surface area contributed by atoms with Gasteiger partial charge in [0.2, 0.25) is 0 Å². The Morgan fingerprint density at radius 3 is 1.90 bits per heavy atom. The number of nitrogens with zero attached hydrogens (tertiary/aromatic N) is 3. The van der Waals surface area contributed by atoms with E-state index in [2.05, 4.69) is 84.9 Å². The molecule has 10 rings (SSSR count). The number of hydrogen-bond acceptors (Lipinski definition) is 4.